The number of amides is 2. The molecule has 62 heavy (non-hydrogen) atoms. The number of ether oxygens (including phenoxy) is 2. The molecule has 0 aliphatic rings. The van der Waals surface area contributed by atoms with Gasteiger partial charge in [-0.25, -0.2) is 13.6 Å². The summed E-state index contributed by atoms with van der Waals surface area (Å²) in [6, 6.07) is 12.3. The lowest BCUT2D eigenvalue weighted by atomic mass is 10.2. The van der Waals surface area contributed by atoms with Gasteiger partial charge >= 0.3 is 49.4 Å². The molecular formula is C30H22F24N2O6. The van der Waals surface area contributed by atoms with Crippen molar-refractivity contribution in [3.05, 3.63) is 59.7 Å². The molecule has 0 aliphatic carbocycles. The molecule has 0 bridgehead atoms. The molecule has 0 radical (unpaired) electrons. The third-order valence-corrected chi connectivity index (χ3v) is 4.44. The average molecular weight is 962 g/mol. The lowest BCUT2D eigenvalue weighted by molar-refractivity contribution is -0.485. The highest BCUT2D eigenvalue weighted by Crippen LogP contribution is 2.37. The molecule has 2 N–H and O–H groups in total. The van der Waals surface area contributed by atoms with Gasteiger partial charge in [0.25, 0.3) is 0 Å². The molecule has 0 saturated carbocycles. The number of rotatable bonds is 9. The van der Waals surface area contributed by atoms with Crippen LogP contribution >= 0.6 is 0 Å². The summed E-state index contributed by atoms with van der Waals surface area (Å²) in [4.78, 5) is 24.7. The summed E-state index contributed by atoms with van der Waals surface area (Å²) in [5.41, 5.74) is 1.95. The van der Waals surface area contributed by atoms with Gasteiger partial charge in [0.2, 0.25) is 12.8 Å². The zero-order chi connectivity index (χ0) is 49.8. The topological polar surface area (TPSA) is 95.1 Å². The van der Waals surface area contributed by atoms with E-state index in [1.165, 1.54) is 41.3 Å². The molecule has 0 atom stereocenters. The Morgan fingerprint density at radius 1 is 0.548 bits per heavy atom. The first-order chi connectivity index (χ1) is 27.8. The highest BCUT2D eigenvalue weighted by Gasteiger charge is 2.62. The highest BCUT2D eigenvalue weighted by molar-refractivity contribution is 5.91. The van der Waals surface area contributed by atoms with Crippen molar-refractivity contribution in [2.45, 2.75) is 49.7 Å². The van der Waals surface area contributed by atoms with Crippen LogP contribution in [0.25, 0.3) is 0 Å². The molecule has 32 heteroatoms. The van der Waals surface area contributed by atoms with Gasteiger partial charge in [-0.3, -0.25) is 14.8 Å². The second-order valence-electron chi connectivity index (χ2n) is 9.51. The number of hydrogen-bond acceptors (Lipinski definition) is 6. The first-order valence-corrected chi connectivity index (χ1v) is 14.2. The summed E-state index contributed by atoms with van der Waals surface area (Å²) in [7, 11) is 0. The fourth-order valence-corrected chi connectivity index (χ4v) is 2.27. The number of hydrogen-bond donors (Lipinski definition) is 2. The number of nitrogens with one attached hydrogen (secondary N) is 2. The molecule has 2 aromatic rings. The van der Waals surface area contributed by atoms with Crippen LogP contribution < -0.4 is 10.6 Å². The van der Waals surface area contributed by atoms with Gasteiger partial charge in [-0.2, -0.15) is 75.2 Å². The lowest BCUT2D eigenvalue weighted by Gasteiger charge is -2.22. The van der Waals surface area contributed by atoms with Crippen LogP contribution in [0.5, 0.6) is 0 Å². The van der Waals surface area contributed by atoms with Crippen LogP contribution in [-0.4, -0.2) is 82.1 Å². The normalized spacial score (nSPS) is 11.6. The van der Waals surface area contributed by atoms with Crippen LogP contribution in [0.1, 0.15) is 17.5 Å². The van der Waals surface area contributed by atoms with Gasteiger partial charge in [0.1, 0.15) is 13.0 Å². The summed E-state index contributed by atoms with van der Waals surface area (Å²) >= 11 is 0. The molecule has 0 fully saturated rings. The van der Waals surface area contributed by atoms with Crippen LogP contribution in [0.4, 0.5) is 122 Å². The van der Waals surface area contributed by atoms with Crippen LogP contribution in [0.15, 0.2) is 48.5 Å². The Bertz CT molecular complexity index is 1600. The maximum absolute atomic E-state index is 11.9. The first kappa shape index (κ1) is 63.3. The van der Waals surface area contributed by atoms with E-state index in [2.05, 4.69) is 31.6 Å². The lowest BCUT2D eigenvalue weighted by Crippen LogP contribution is -2.45. The Labute approximate surface area is 330 Å². The summed E-state index contributed by atoms with van der Waals surface area (Å²) in [5.74, 6) is 3.66. The number of halogens is 24. The Balaban J connectivity index is -0.000000340. The molecule has 8 nitrogen and oxygen atoms in total. The van der Waals surface area contributed by atoms with Gasteiger partial charge in [0.05, 0.1) is 0 Å². The number of benzene rings is 2. The van der Waals surface area contributed by atoms with E-state index in [0.29, 0.717) is 16.8 Å². The summed E-state index contributed by atoms with van der Waals surface area (Å²) in [6.45, 7) is -8.53. The molecular weight excluding hydrogens is 940 g/mol. The number of carbonyl (C=O) groups is 2. The molecule has 0 aromatic heterocycles. The van der Waals surface area contributed by atoms with Gasteiger partial charge in [0, 0.05) is 22.5 Å². The smallest absolute Gasteiger partial charge is 0.326 e. The van der Waals surface area contributed by atoms with Gasteiger partial charge in [-0.1, -0.05) is 11.8 Å². The van der Waals surface area contributed by atoms with Crippen molar-refractivity contribution >= 4 is 23.4 Å². The summed E-state index contributed by atoms with van der Waals surface area (Å²) in [6.07, 6.45) is -28.9. The van der Waals surface area contributed by atoms with Crippen molar-refractivity contribution in [2.75, 3.05) is 37.4 Å². The fraction of sp³-hybridized carbons (Fsp3) is 0.400. The van der Waals surface area contributed by atoms with Crippen molar-refractivity contribution in [3.8, 4) is 24.7 Å². The van der Waals surface area contributed by atoms with E-state index < -0.39 is 88.5 Å². The van der Waals surface area contributed by atoms with Crippen molar-refractivity contribution in [1.82, 2.24) is 0 Å². The van der Waals surface area contributed by atoms with Gasteiger partial charge in [0.15, 0.2) is 13.3 Å². The standard InChI is InChI=1S/C11H8F3NO.C9H6FNO.C4H2F8O2.C3H2F6O.C2H2F4.CH2F2O/c1-2-8-3-5-9(6-4-8)15-10(16)7-11(12,13)14;1-2-7-3-5-8(6-4-7)11-9(10)12;5-2(6,7)1-13-3(8,9)4(10,11)14-12;4-2(5,6)1-10-3(7,8)9;3-1-2(4,5)6;2-1-4-3/h1,3-6H,7H2,(H,15,16);1,3-6H,(H,11,12);1H2;1H2;1H2;1H2. The maximum atomic E-state index is 11.9. The third kappa shape index (κ3) is 41.4. The number of carbonyl (C=O) groups excluding carboxylic acids is 2. The predicted octanol–water partition coefficient (Wildman–Crippen LogP) is 11.8. The molecule has 0 unspecified atom stereocenters. The zero-order valence-electron chi connectivity index (χ0n) is 29.3. The number of terminal acetylenes is 2. The van der Waals surface area contributed by atoms with Crippen molar-refractivity contribution in [3.63, 3.8) is 0 Å². The first-order valence-electron chi connectivity index (χ1n) is 14.2. The maximum Gasteiger partial charge on any atom is 0.522 e. The molecule has 0 spiro atoms. The molecule has 2 aromatic carbocycles. The second-order valence-corrected chi connectivity index (χ2v) is 9.51. The monoisotopic (exact) mass is 962 g/mol. The van der Waals surface area contributed by atoms with E-state index in [9.17, 15) is 115 Å². The van der Waals surface area contributed by atoms with E-state index in [1.54, 1.807) is 12.1 Å². The van der Waals surface area contributed by atoms with E-state index in [0.717, 1.165) is 0 Å². The average Bonchev–Trinajstić information content (AvgIpc) is 3.13. The summed E-state index contributed by atoms with van der Waals surface area (Å²) in [5, 5.41) is 4.10. The highest BCUT2D eigenvalue weighted by atomic mass is 19.4. The van der Waals surface area contributed by atoms with Crippen LogP contribution in [0, 0.1) is 24.7 Å². The molecule has 0 saturated heterocycles. The minimum Gasteiger partial charge on any atom is -0.326 e. The van der Waals surface area contributed by atoms with Crippen molar-refractivity contribution in [1.29, 1.82) is 0 Å². The van der Waals surface area contributed by atoms with Crippen LogP contribution in [-0.2, 0) is 24.2 Å². The van der Waals surface area contributed by atoms with E-state index in [-0.39, 0.29) is 5.69 Å². The Kier molecular flexibility index (Phi) is 29.7. The second kappa shape index (κ2) is 29.1. The SMILES string of the molecule is C#Cc1ccc(NC(=O)CC(F)(F)F)cc1.C#Cc1ccc(NC(=O)F)cc1.FC(F)(F)COC(F)(F)F.FCC(F)(F)F.FCOF.FOC(F)(F)C(F)(F)OCC(F)(F)F. The number of anilines is 2. The number of alkyl halides is 21. The van der Waals surface area contributed by atoms with Crippen LogP contribution in [0.3, 0.4) is 0 Å². The van der Waals surface area contributed by atoms with E-state index >= 15 is 0 Å². The third-order valence-electron chi connectivity index (χ3n) is 4.44. The molecule has 0 heterocycles. The summed E-state index contributed by atoms with van der Waals surface area (Å²) < 4.78 is 271. The van der Waals surface area contributed by atoms with E-state index in [4.69, 9.17) is 12.8 Å². The largest absolute Gasteiger partial charge is 0.522 e. The molecule has 0 aliphatic heterocycles. The quantitative estimate of drug-likeness (QED) is 0.113. The van der Waals surface area contributed by atoms with Crippen molar-refractivity contribution in [2.24, 2.45) is 0 Å². The van der Waals surface area contributed by atoms with Crippen molar-refractivity contribution < 1.29 is 135 Å². The van der Waals surface area contributed by atoms with Gasteiger partial charge < -0.3 is 10.1 Å². The van der Waals surface area contributed by atoms with Crippen LogP contribution in [0.2, 0.25) is 0 Å². The zero-order valence-corrected chi connectivity index (χ0v) is 29.3. The molecule has 2 amide bonds. The Morgan fingerprint density at radius 3 is 1.11 bits per heavy atom. The predicted molar refractivity (Wildman–Crippen MR) is 161 cm³/mol. The minimum atomic E-state index is -5.77. The van der Waals surface area contributed by atoms with Gasteiger partial charge in [-0.15, -0.1) is 35.3 Å². The van der Waals surface area contributed by atoms with E-state index in [1.807, 2.05) is 5.32 Å². The Morgan fingerprint density at radius 2 is 0.887 bits per heavy atom. The fourth-order valence-electron chi connectivity index (χ4n) is 2.27. The Hall–Kier alpha value is -5.34. The molecule has 2 rings (SSSR count). The molecule has 356 valence electrons. The minimum absolute atomic E-state index is 0.285. The van der Waals surface area contributed by atoms with Gasteiger partial charge in [-0.05, 0) is 57.6 Å².